The SMILES string of the molecule is c1ccc(-c2cc3nc(-n4c5ccccc5c5c(-c6ccc7c(c6)c6ccc8ccccc8c6n7-c6nc(-c7ccccc7)c7ccccc7n6)cccc54)nc(-c4ccccc4)c3s2)cc1. The van der Waals surface area contributed by atoms with E-state index in [0.717, 1.165) is 114 Å². The molecule has 67 heavy (non-hydrogen) atoms. The maximum absolute atomic E-state index is 5.45. The third kappa shape index (κ3) is 5.88. The normalized spacial score (nSPS) is 11.9. The molecule has 0 aliphatic carbocycles. The zero-order valence-corrected chi connectivity index (χ0v) is 36.7. The highest BCUT2D eigenvalue weighted by Gasteiger charge is 2.23. The quantitative estimate of drug-likeness (QED) is 0.167. The molecule has 7 heteroatoms. The van der Waals surface area contributed by atoms with Gasteiger partial charge in [-0.15, -0.1) is 11.3 Å². The summed E-state index contributed by atoms with van der Waals surface area (Å²) in [5.74, 6) is 1.28. The predicted molar refractivity (Wildman–Crippen MR) is 278 cm³/mol. The van der Waals surface area contributed by atoms with E-state index in [9.17, 15) is 0 Å². The fourth-order valence-corrected chi connectivity index (χ4v) is 11.3. The van der Waals surface area contributed by atoms with Crippen molar-refractivity contribution < 1.29 is 0 Å². The Morgan fingerprint density at radius 1 is 0.343 bits per heavy atom. The number of aromatic nitrogens is 6. The minimum atomic E-state index is 0.639. The molecule has 0 bridgehead atoms. The lowest BCUT2D eigenvalue weighted by Crippen LogP contribution is -2.03. The largest absolute Gasteiger partial charge is 0.278 e. The zero-order chi connectivity index (χ0) is 44.0. The third-order valence-electron chi connectivity index (χ3n) is 13.2. The minimum Gasteiger partial charge on any atom is -0.278 e. The molecule has 14 aromatic rings. The van der Waals surface area contributed by atoms with Crippen molar-refractivity contribution in [1.29, 1.82) is 0 Å². The summed E-state index contributed by atoms with van der Waals surface area (Å²) in [7, 11) is 0. The van der Waals surface area contributed by atoms with Crippen LogP contribution in [0.3, 0.4) is 0 Å². The van der Waals surface area contributed by atoms with E-state index >= 15 is 0 Å². The van der Waals surface area contributed by atoms with Crippen LogP contribution in [0.2, 0.25) is 0 Å². The van der Waals surface area contributed by atoms with Gasteiger partial charge in [0.25, 0.3) is 0 Å². The van der Waals surface area contributed by atoms with Crippen LogP contribution >= 0.6 is 11.3 Å². The highest BCUT2D eigenvalue weighted by atomic mass is 32.1. The Balaban J connectivity index is 1.01. The molecule has 9 aromatic carbocycles. The van der Waals surface area contributed by atoms with Crippen LogP contribution in [-0.2, 0) is 0 Å². The molecule has 0 fully saturated rings. The highest BCUT2D eigenvalue weighted by Crippen LogP contribution is 2.44. The van der Waals surface area contributed by atoms with E-state index in [4.69, 9.17) is 19.9 Å². The number of rotatable bonds is 6. The average molecular weight is 873 g/mol. The Labute approximate surface area is 388 Å². The molecule has 0 spiro atoms. The first kappa shape index (κ1) is 37.6. The second-order valence-corrected chi connectivity index (χ2v) is 18.0. The fraction of sp³-hybridized carbons (Fsp3) is 0. The van der Waals surface area contributed by atoms with Crippen LogP contribution in [0.1, 0.15) is 0 Å². The monoisotopic (exact) mass is 872 g/mol. The molecule has 0 atom stereocenters. The van der Waals surface area contributed by atoms with Crippen molar-refractivity contribution in [3.63, 3.8) is 0 Å². The van der Waals surface area contributed by atoms with Crippen LogP contribution < -0.4 is 0 Å². The number of fused-ring (bicyclic) bond motifs is 10. The number of para-hydroxylation sites is 2. The predicted octanol–water partition coefficient (Wildman–Crippen LogP) is 15.6. The summed E-state index contributed by atoms with van der Waals surface area (Å²) >= 11 is 1.74. The lowest BCUT2D eigenvalue weighted by atomic mass is 9.97. The second kappa shape index (κ2) is 14.9. The van der Waals surface area contributed by atoms with Gasteiger partial charge in [-0.05, 0) is 58.5 Å². The molecule has 312 valence electrons. The molecular formula is C60H36N6S. The van der Waals surface area contributed by atoms with Gasteiger partial charge in [-0.3, -0.25) is 9.13 Å². The Bertz CT molecular complexity index is 4270. The van der Waals surface area contributed by atoms with Crippen molar-refractivity contribution in [2.75, 3.05) is 0 Å². The smallest absolute Gasteiger partial charge is 0.235 e. The van der Waals surface area contributed by atoms with Crippen LogP contribution in [0.5, 0.6) is 0 Å². The van der Waals surface area contributed by atoms with Crippen LogP contribution in [0.25, 0.3) is 131 Å². The van der Waals surface area contributed by atoms with Crippen molar-refractivity contribution in [1.82, 2.24) is 29.1 Å². The van der Waals surface area contributed by atoms with Crippen molar-refractivity contribution in [3.05, 3.63) is 218 Å². The van der Waals surface area contributed by atoms with Gasteiger partial charge in [0.2, 0.25) is 11.9 Å². The maximum Gasteiger partial charge on any atom is 0.235 e. The number of hydrogen-bond donors (Lipinski definition) is 0. The number of benzene rings is 9. The molecule has 0 unspecified atom stereocenters. The van der Waals surface area contributed by atoms with Gasteiger partial charge in [0, 0.05) is 48.3 Å². The summed E-state index contributed by atoms with van der Waals surface area (Å²) in [6, 6.07) is 77.2. The zero-order valence-electron chi connectivity index (χ0n) is 35.9. The minimum absolute atomic E-state index is 0.639. The van der Waals surface area contributed by atoms with Crippen LogP contribution in [0, 0.1) is 0 Å². The second-order valence-electron chi connectivity index (χ2n) is 17.0. The average Bonchev–Trinajstić information content (AvgIpc) is 4.09. The number of thiophene rings is 1. The number of hydrogen-bond acceptors (Lipinski definition) is 5. The molecule has 0 aliphatic rings. The molecule has 6 nitrogen and oxygen atoms in total. The molecule has 5 heterocycles. The molecule has 0 aliphatic heterocycles. The van der Waals surface area contributed by atoms with E-state index in [0.29, 0.717) is 11.9 Å². The van der Waals surface area contributed by atoms with E-state index in [1.807, 2.05) is 6.07 Å². The molecule has 5 aromatic heterocycles. The molecule has 0 saturated carbocycles. The first-order chi connectivity index (χ1) is 33.2. The topological polar surface area (TPSA) is 61.4 Å². The first-order valence-electron chi connectivity index (χ1n) is 22.5. The summed E-state index contributed by atoms with van der Waals surface area (Å²) in [5, 5.41) is 7.89. The Kier molecular flexibility index (Phi) is 8.35. The Morgan fingerprint density at radius 3 is 1.76 bits per heavy atom. The third-order valence-corrected chi connectivity index (χ3v) is 14.3. The van der Waals surface area contributed by atoms with E-state index in [1.54, 1.807) is 11.3 Å². The van der Waals surface area contributed by atoms with Crippen molar-refractivity contribution in [3.8, 4) is 56.0 Å². The van der Waals surface area contributed by atoms with Crippen molar-refractivity contribution >= 4 is 86.8 Å². The summed E-state index contributed by atoms with van der Waals surface area (Å²) in [5.41, 5.74) is 13.4. The lowest BCUT2D eigenvalue weighted by molar-refractivity contribution is 1.02. The van der Waals surface area contributed by atoms with Crippen LogP contribution in [0.4, 0.5) is 0 Å². The van der Waals surface area contributed by atoms with Gasteiger partial charge < -0.3 is 0 Å². The van der Waals surface area contributed by atoms with Crippen molar-refractivity contribution in [2.24, 2.45) is 0 Å². The Hall–Kier alpha value is -8.78. The van der Waals surface area contributed by atoms with Gasteiger partial charge in [0.1, 0.15) is 0 Å². The molecule has 0 N–H and O–H groups in total. The molecule has 0 saturated heterocycles. The highest BCUT2D eigenvalue weighted by molar-refractivity contribution is 7.22. The molecule has 14 rings (SSSR count). The first-order valence-corrected chi connectivity index (χ1v) is 23.3. The van der Waals surface area contributed by atoms with Gasteiger partial charge in [0.15, 0.2) is 0 Å². The van der Waals surface area contributed by atoms with Gasteiger partial charge in [-0.1, -0.05) is 182 Å². The summed E-state index contributed by atoms with van der Waals surface area (Å²) in [6.07, 6.45) is 0. The summed E-state index contributed by atoms with van der Waals surface area (Å²) in [6.45, 7) is 0. The number of nitrogens with zero attached hydrogens (tertiary/aromatic N) is 6. The van der Waals surface area contributed by atoms with E-state index < -0.39 is 0 Å². The Morgan fingerprint density at radius 2 is 0.955 bits per heavy atom. The fourth-order valence-electron chi connectivity index (χ4n) is 10.2. The van der Waals surface area contributed by atoms with Gasteiger partial charge in [-0.25, -0.2) is 19.9 Å². The molecular weight excluding hydrogens is 837 g/mol. The molecule has 0 amide bonds. The standard InChI is InChI=1S/C60H36N6S/c1-4-18-38(19-5-1)53-36-49-58(67-53)56(40-22-8-3-9-23-40)64-59(62-49)65-50-29-15-13-26-46(50)54-42(27-16-30-52(54)65)41-32-34-51-47(35-41)44-33-31-37-17-10-11-24-43(37)57(44)66(51)60-61-48-28-14-12-25-45(48)55(63-60)39-20-6-2-7-21-39/h1-36H. The lowest BCUT2D eigenvalue weighted by Gasteiger charge is -2.13. The molecule has 0 radical (unpaired) electrons. The van der Waals surface area contributed by atoms with Crippen LogP contribution in [-0.4, -0.2) is 29.1 Å². The van der Waals surface area contributed by atoms with Gasteiger partial charge >= 0.3 is 0 Å². The summed E-state index contributed by atoms with van der Waals surface area (Å²) < 4.78 is 5.59. The van der Waals surface area contributed by atoms with Crippen molar-refractivity contribution in [2.45, 2.75) is 0 Å². The van der Waals surface area contributed by atoms with E-state index in [-0.39, 0.29) is 0 Å². The van der Waals surface area contributed by atoms with Crippen LogP contribution in [0.15, 0.2) is 218 Å². The maximum atomic E-state index is 5.45. The van der Waals surface area contributed by atoms with E-state index in [1.165, 1.54) is 5.56 Å². The van der Waals surface area contributed by atoms with E-state index in [2.05, 4.69) is 221 Å². The van der Waals surface area contributed by atoms with Gasteiger partial charge in [-0.2, -0.15) is 0 Å². The van der Waals surface area contributed by atoms with Gasteiger partial charge in [0.05, 0.1) is 49.2 Å². The summed E-state index contributed by atoms with van der Waals surface area (Å²) in [4.78, 5) is 22.7.